The normalized spacial score (nSPS) is 20.5. The van der Waals surface area contributed by atoms with Crippen molar-refractivity contribution in [1.29, 1.82) is 0 Å². The molecule has 6 rings (SSSR count). The Kier molecular flexibility index (Phi) is 5.61. The molecule has 0 atom stereocenters. The van der Waals surface area contributed by atoms with Crippen molar-refractivity contribution < 1.29 is 14.3 Å². The molecule has 182 valence electrons. The summed E-state index contributed by atoms with van der Waals surface area (Å²) in [5, 5.41) is 1.21. The van der Waals surface area contributed by atoms with E-state index in [9.17, 15) is 9.59 Å². The van der Waals surface area contributed by atoms with Gasteiger partial charge in [-0.2, -0.15) is 0 Å². The Morgan fingerprint density at radius 1 is 1.00 bits per heavy atom. The number of aromatic amines is 1. The summed E-state index contributed by atoms with van der Waals surface area (Å²) in [5.74, 6) is -0.0123. The van der Waals surface area contributed by atoms with E-state index >= 15 is 0 Å². The number of aromatic nitrogens is 1. The number of carbonyl (C=O) groups excluding carboxylic acids is 2. The van der Waals surface area contributed by atoms with Crippen molar-refractivity contribution in [1.82, 2.24) is 19.7 Å². The average Bonchev–Trinajstić information content (AvgIpc) is 3.53. The second-order valence-electron chi connectivity index (χ2n) is 10.1. The van der Waals surface area contributed by atoms with Gasteiger partial charge in [-0.15, -0.1) is 0 Å². The van der Waals surface area contributed by atoms with Crippen LogP contribution in [0.5, 0.6) is 0 Å². The highest BCUT2D eigenvalue weighted by Crippen LogP contribution is 2.40. The quantitative estimate of drug-likeness (QED) is 0.557. The number of benzene rings is 2. The Balaban J connectivity index is 1.20. The number of nitrogens with one attached hydrogen (secondary N) is 1. The lowest BCUT2D eigenvalue weighted by molar-refractivity contribution is -0.137. The minimum Gasteiger partial charge on any atom is -0.383 e. The van der Waals surface area contributed by atoms with E-state index in [4.69, 9.17) is 4.74 Å². The van der Waals surface area contributed by atoms with Crippen molar-refractivity contribution in [2.75, 3.05) is 33.4 Å². The van der Waals surface area contributed by atoms with Crippen LogP contribution in [0, 0.1) is 0 Å². The Bertz CT molecular complexity index is 1200. The molecule has 1 spiro atoms. The van der Waals surface area contributed by atoms with Crippen LogP contribution in [0.1, 0.15) is 29.7 Å². The van der Waals surface area contributed by atoms with Gasteiger partial charge >= 0.3 is 6.03 Å². The molecule has 0 bridgehead atoms. The number of amides is 3. The summed E-state index contributed by atoms with van der Waals surface area (Å²) < 4.78 is 5.32. The number of carbonyl (C=O) groups is 2. The van der Waals surface area contributed by atoms with E-state index in [-0.39, 0.29) is 18.0 Å². The number of piperidine rings is 1. The van der Waals surface area contributed by atoms with Crippen molar-refractivity contribution in [3.05, 3.63) is 71.4 Å². The number of ether oxygens (including phenoxy) is 1. The number of urea groups is 1. The molecule has 3 aliphatic rings. The van der Waals surface area contributed by atoms with Crippen LogP contribution in [-0.2, 0) is 28.9 Å². The van der Waals surface area contributed by atoms with E-state index < -0.39 is 5.54 Å². The van der Waals surface area contributed by atoms with E-state index in [1.54, 1.807) is 12.0 Å². The number of nitrogens with zero attached hydrogens (tertiary/aromatic N) is 3. The number of rotatable bonds is 6. The SMILES string of the molecule is COCCN1C(=O)N(C2Cc3ccccc3C2)C(=O)C12CCN(Cc1cc3ccccc3[nH]1)CC2. The van der Waals surface area contributed by atoms with Crippen LogP contribution in [0.25, 0.3) is 10.9 Å². The zero-order chi connectivity index (χ0) is 24.0. The first-order valence-electron chi connectivity index (χ1n) is 12.6. The van der Waals surface area contributed by atoms with Crippen LogP contribution in [0.4, 0.5) is 4.79 Å². The lowest BCUT2D eigenvalue weighted by Crippen LogP contribution is -2.57. The number of H-pyrrole nitrogens is 1. The molecule has 0 radical (unpaired) electrons. The minimum absolute atomic E-state index is 0.0123. The van der Waals surface area contributed by atoms with Crippen molar-refractivity contribution in [3.8, 4) is 0 Å². The van der Waals surface area contributed by atoms with Crippen molar-refractivity contribution in [2.45, 2.75) is 43.8 Å². The maximum absolute atomic E-state index is 14.0. The predicted octanol–water partition coefficient (Wildman–Crippen LogP) is 3.58. The van der Waals surface area contributed by atoms with Crippen LogP contribution in [0.2, 0.25) is 0 Å². The molecule has 3 aromatic rings. The lowest BCUT2D eigenvalue weighted by Gasteiger charge is -2.42. The Morgan fingerprint density at radius 2 is 1.69 bits per heavy atom. The summed E-state index contributed by atoms with van der Waals surface area (Å²) in [5.41, 5.74) is 4.05. The molecule has 3 heterocycles. The van der Waals surface area contributed by atoms with Gasteiger partial charge in [0.2, 0.25) is 0 Å². The first-order valence-corrected chi connectivity index (χ1v) is 12.6. The van der Waals surface area contributed by atoms with Gasteiger partial charge in [-0.25, -0.2) is 4.79 Å². The molecule has 7 heteroatoms. The molecule has 1 aromatic heterocycles. The molecule has 2 aromatic carbocycles. The van der Waals surface area contributed by atoms with E-state index in [0.717, 1.165) is 38.0 Å². The topological polar surface area (TPSA) is 68.9 Å². The van der Waals surface area contributed by atoms with E-state index in [0.29, 0.717) is 26.0 Å². The van der Waals surface area contributed by atoms with Crippen molar-refractivity contribution in [2.24, 2.45) is 0 Å². The van der Waals surface area contributed by atoms with Gasteiger partial charge in [-0.05, 0) is 54.3 Å². The molecule has 1 N–H and O–H groups in total. The van der Waals surface area contributed by atoms with Gasteiger partial charge in [0.1, 0.15) is 5.54 Å². The highest BCUT2D eigenvalue weighted by atomic mass is 16.5. The highest BCUT2D eigenvalue weighted by molar-refractivity contribution is 6.07. The number of hydrogen-bond acceptors (Lipinski definition) is 4. The van der Waals surface area contributed by atoms with E-state index in [1.165, 1.54) is 22.2 Å². The molecule has 3 amide bonds. The number of imide groups is 1. The van der Waals surface area contributed by atoms with Crippen LogP contribution in [0.15, 0.2) is 54.6 Å². The van der Waals surface area contributed by atoms with Gasteiger partial charge in [-0.3, -0.25) is 14.6 Å². The molecule has 0 saturated carbocycles. The third kappa shape index (κ3) is 3.74. The predicted molar refractivity (Wildman–Crippen MR) is 134 cm³/mol. The van der Waals surface area contributed by atoms with Gasteiger partial charge in [0.05, 0.1) is 6.61 Å². The van der Waals surface area contributed by atoms with Crippen LogP contribution < -0.4 is 0 Å². The van der Waals surface area contributed by atoms with Gasteiger partial charge in [-0.1, -0.05) is 42.5 Å². The molecule has 35 heavy (non-hydrogen) atoms. The summed E-state index contributed by atoms with van der Waals surface area (Å²) in [6.45, 7) is 3.23. The molecule has 2 saturated heterocycles. The molecule has 7 nitrogen and oxygen atoms in total. The molecule has 2 aliphatic heterocycles. The van der Waals surface area contributed by atoms with E-state index in [1.807, 2.05) is 23.1 Å². The second-order valence-corrected chi connectivity index (χ2v) is 10.1. The fourth-order valence-corrected chi connectivity index (χ4v) is 6.30. The number of likely N-dealkylation sites (tertiary alicyclic amines) is 1. The second kappa shape index (κ2) is 8.81. The molecular formula is C28H32N4O3. The third-order valence-corrected chi connectivity index (χ3v) is 8.15. The summed E-state index contributed by atoms with van der Waals surface area (Å²) in [6, 6.07) is 18.6. The zero-order valence-electron chi connectivity index (χ0n) is 20.2. The summed E-state index contributed by atoms with van der Waals surface area (Å²) in [4.78, 5) is 37.0. The summed E-state index contributed by atoms with van der Waals surface area (Å²) >= 11 is 0. The maximum Gasteiger partial charge on any atom is 0.328 e. The smallest absolute Gasteiger partial charge is 0.328 e. The number of hydrogen-bond donors (Lipinski definition) is 1. The monoisotopic (exact) mass is 472 g/mol. The first-order chi connectivity index (χ1) is 17.1. The minimum atomic E-state index is -0.763. The van der Waals surface area contributed by atoms with Crippen LogP contribution in [-0.4, -0.2) is 76.6 Å². The fraction of sp³-hybridized carbons (Fsp3) is 0.429. The molecule has 1 aliphatic carbocycles. The Hall–Kier alpha value is -3.16. The summed E-state index contributed by atoms with van der Waals surface area (Å²) in [7, 11) is 1.64. The Labute approximate surface area is 205 Å². The number of methoxy groups -OCH3 is 1. The van der Waals surface area contributed by atoms with Crippen LogP contribution in [0.3, 0.4) is 0 Å². The average molecular weight is 473 g/mol. The third-order valence-electron chi connectivity index (χ3n) is 8.15. The van der Waals surface area contributed by atoms with Gasteiger partial charge in [0, 0.05) is 50.5 Å². The van der Waals surface area contributed by atoms with Gasteiger partial charge in [0.25, 0.3) is 5.91 Å². The van der Waals surface area contributed by atoms with Crippen molar-refractivity contribution in [3.63, 3.8) is 0 Å². The largest absolute Gasteiger partial charge is 0.383 e. The maximum atomic E-state index is 14.0. The highest BCUT2D eigenvalue weighted by Gasteiger charge is 2.59. The molecule has 0 unspecified atom stereocenters. The Morgan fingerprint density at radius 3 is 2.37 bits per heavy atom. The number of para-hydroxylation sites is 1. The van der Waals surface area contributed by atoms with Crippen LogP contribution >= 0.6 is 0 Å². The standard InChI is InChI=1S/C28H32N4O3/c1-35-15-14-31-27(34)32(24-17-20-6-2-3-7-21(20)18-24)26(33)28(31)10-12-30(13-11-28)19-23-16-22-8-4-5-9-25(22)29-23/h2-9,16,24,29H,10-15,17-19H2,1H3. The fourth-order valence-electron chi connectivity index (χ4n) is 6.30. The first kappa shape index (κ1) is 22.3. The van der Waals surface area contributed by atoms with Crippen molar-refractivity contribution >= 4 is 22.8 Å². The lowest BCUT2D eigenvalue weighted by atomic mass is 9.85. The summed E-state index contributed by atoms with van der Waals surface area (Å²) in [6.07, 6.45) is 2.79. The van der Waals surface area contributed by atoms with Gasteiger partial charge in [0.15, 0.2) is 0 Å². The number of fused-ring (bicyclic) bond motifs is 2. The van der Waals surface area contributed by atoms with E-state index in [2.05, 4.69) is 46.3 Å². The van der Waals surface area contributed by atoms with Gasteiger partial charge < -0.3 is 14.6 Å². The molecular weight excluding hydrogens is 440 g/mol. The zero-order valence-corrected chi connectivity index (χ0v) is 20.2. The molecule has 2 fully saturated rings.